The Bertz CT molecular complexity index is 756. The molecule has 0 aromatic heterocycles. The fraction of sp³-hybridized carbons (Fsp3) is 0.609. The monoisotopic (exact) mass is 444 g/mol. The fourth-order valence-corrected chi connectivity index (χ4v) is 4.01. The molecule has 0 bridgehead atoms. The molecule has 2 aliphatic heterocycles. The van der Waals surface area contributed by atoms with Gasteiger partial charge in [0.15, 0.2) is 5.96 Å². The number of nitrogens with one attached hydrogen (secondary N) is 1. The molecule has 32 heavy (non-hydrogen) atoms. The molecule has 2 heterocycles. The van der Waals surface area contributed by atoms with Gasteiger partial charge in [-0.25, -0.2) is 4.79 Å². The third-order valence-corrected chi connectivity index (χ3v) is 5.78. The van der Waals surface area contributed by atoms with Gasteiger partial charge in [-0.05, 0) is 26.0 Å². The van der Waals surface area contributed by atoms with Gasteiger partial charge in [-0.3, -0.25) is 9.79 Å². The van der Waals surface area contributed by atoms with Gasteiger partial charge in [0.05, 0.1) is 13.2 Å². The third kappa shape index (κ3) is 6.51. The molecule has 9 nitrogen and oxygen atoms in total. The molecule has 176 valence electrons. The number of hydrogen-bond acceptors (Lipinski definition) is 5. The molecular formula is C23H36N6O3. The Labute approximate surface area is 191 Å². The number of hydrogen-bond donors (Lipinski definition) is 1. The average molecular weight is 445 g/mol. The Morgan fingerprint density at radius 1 is 0.906 bits per heavy atom. The normalized spacial score (nSPS) is 17.4. The van der Waals surface area contributed by atoms with Crippen molar-refractivity contribution in [1.82, 2.24) is 20.0 Å². The van der Waals surface area contributed by atoms with Crippen LogP contribution in [0.15, 0.2) is 35.3 Å². The SMILES string of the molecule is CCNC(=NCCC(=O)N1CCN(c2ccccc2)CC1)N1CCN(C(=O)OCC)CC1. The molecular weight excluding hydrogens is 408 g/mol. The summed E-state index contributed by atoms with van der Waals surface area (Å²) in [4.78, 5) is 37.4. The predicted octanol–water partition coefficient (Wildman–Crippen LogP) is 1.46. The number of ether oxygens (including phenoxy) is 1. The summed E-state index contributed by atoms with van der Waals surface area (Å²) >= 11 is 0. The van der Waals surface area contributed by atoms with E-state index in [9.17, 15) is 9.59 Å². The molecule has 2 fully saturated rings. The van der Waals surface area contributed by atoms with E-state index in [-0.39, 0.29) is 12.0 Å². The van der Waals surface area contributed by atoms with Gasteiger partial charge in [-0.2, -0.15) is 0 Å². The molecule has 3 rings (SSSR count). The summed E-state index contributed by atoms with van der Waals surface area (Å²) < 4.78 is 5.08. The van der Waals surface area contributed by atoms with Crippen LogP contribution in [0.25, 0.3) is 0 Å². The van der Waals surface area contributed by atoms with Gasteiger partial charge in [0.2, 0.25) is 5.91 Å². The van der Waals surface area contributed by atoms with Gasteiger partial charge in [0.25, 0.3) is 0 Å². The van der Waals surface area contributed by atoms with Gasteiger partial charge in [-0.15, -0.1) is 0 Å². The third-order valence-electron chi connectivity index (χ3n) is 5.78. The van der Waals surface area contributed by atoms with Gasteiger partial charge < -0.3 is 29.7 Å². The number of rotatable bonds is 6. The fourth-order valence-electron chi connectivity index (χ4n) is 4.01. The lowest BCUT2D eigenvalue weighted by Crippen LogP contribution is -2.54. The number of anilines is 1. The molecule has 0 spiro atoms. The maximum Gasteiger partial charge on any atom is 0.409 e. The molecule has 0 unspecified atom stereocenters. The van der Waals surface area contributed by atoms with Crippen LogP contribution in [0, 0.1) is 0 Å². The molecule has 2 aliphatic rings. The summed E-state index contributed by atoms with van der Waals surface area (Å²) in [6.45, 7) is 11.2. The highest BCUT2D eigenvalue weighted by atomic mass is 16.6. The Morgan fingerprint density at radius 3 is 2.16 bits per heavy atom. The molecule has 0 radical (unpaired) electrons. The number of carbonyl (C=O) groups excluding carboxylic acids is 2. The second-order valence-electron chi connectivity index (χ2n) is 7.86. The summed E-state index contributed by atoms with van der Waals surface area (Å²) in [6, 6.07) is 10.3. The van der Waals surface area contributed by atoms with Gasteiger partial charge in [0, 0.05) is 71.0 Å². The van der Waals surface area contributed by atoms with E-state index >= 15 is 0 Å². The largest absolute Gasteiger partial charge is 0.450 e. The zero-order valence-electron chi connectivity index (χ0n) is 19.3. The first-order valence-corrected chi connectivity index (χ1v) is 11.6. The summed E-state index contributed by atoms with van der Waals surface area (Å²) in [5.74, 6) is 0.960. The summed E-state index contributed by atoms with van der Waals surface area (Å²) in [5.41, 5.74) is 1.21. The average Bonchev–Trinajstić information content (AvgIpc) is 2.84. The number of piperazine rings is 2. The van der Waals surface area contributed by atoms with Crippen molar-refractivity contribution in [3.8, 4) is 0 Å². The minimum absolute atomic E-state index is 0.157. The van der Waals surface area contributed by atoms with E-state index in [0.717, 1.165) is 38.7 Å². The smallest absolute Gasteiger partial charge is 0.409 e. The lowest BCUT2D eigenvalue weighted by atomic mass is 10.2. The molecule has 1 aromatic carbocycles. The lowest BCUT2D eigenvalue weighted by Gasteiger charge is -2.36. The highest BCUT2D eigenvalue weighted by Crippen LogP contribution is 2.16. The summed E-state index contributed by atoms with van der Waals surface area (Å²) in [6.07, 6.45) is 0.148. The van der Waals surface area contributed by atoms with Crippen LogP contribution in [0.5, 0.6) is 0 Å². The van der Waals surface area contributed by atoms with E-state index in [2.05, 4.69) is 32.2 Å². The predicted molar refractivity (Wildman–Crippen MR) is 126 cm³/mol. The van der Waals surface area contributed by atoms with Gasteiger partial charge in [0.1, 0.15) is 0 Å². The summed E-state index contributed by atoms with van der Waals surface area (Å²) in [7, 11) is 0. The number of benzene rings is 1. The van der Waals surface area contributed by atoms with Crippen LogP contribution < -0.4 is 10.2 Å². The lowest BCUT2D eigenvalue weighted by molar-refractivity contribution is -0.131. The molecule has 2 saturated heterocycles. The first-order chi connectivity index (χ1) is 15.6. The minimum atomic E-state index is -0.257. The molecule has 0 atom stereocenters. The van der Waals surface area contributed by atoms with E-state index < -0.39 is 0 Å². The first kappa shape index (κ1) is 23.7. The topological polar surface area (TPSA) is 80.7 Å². The quantitative estimate of drug-likeness (QED) is 0.529. The standard InChI is InChI=1S/C23H36N6O3/c1-3-24-22(28-16-18-29(19-17-28)23(31)32-4-2)25-11-10-21(30)27-14-12-26(13-15-27)20-8-6-5-7-9-20/h5-9H,3-4,10-19H2,1-2H3,(H,24,25). The van der Waals surface area contributed by atoms with Gasteiger partial charge in [-0.1, -0.05) is 18.2 Å². The van der Waals surface area contributed by atoms with Crippen LogP contribution >= 0.6 is 0 Å². The molecule has 1 N–H and O–H groups in total. The second-order valence-corrected chi connectivity index (χ2v) is 7.86. The van der Waals surface area contributed by atoms with Crippen LogP contribution in [-0.2, 0) is 9.53 Å². The molecule has 9 heteroatoms. The first-order valence-electron chi connectivity index (χ1n) is 11.6. The van der Waals surface area contributed by atoms with E-state index in [1.165, 1.54) is 5.69 Å². The van der Waals surface area contributed by atoms with Crippen LogP contribution in [0.4, 0.5) is 10.5 Å². The Balaban J connectivity index is 1.44. The van der Waals surface area contributed by atoms with E-state index in [1.807, 2.05) is 36.9 Å². The minimum Gasteiger partial charge on any atom is -0.450 e. The highest BCUT2D eigenvalue weighted by Gasteiger charge is 2.24. The Kier molecular flexibility index (Phi) is 9.01. The zero-order chi connectivity index (χ0) is 22.8. The van der Waals surface area contributed by atoms with Crippen LogP contribution in [0.1, 0.15) is 20.3 Å². The Morgan fingerprint density at radius 2 is 1.53 bits per heavy atom. The van der Waals surface area contributed by atoms with Gasteiger partial charge >= 0.3 is 6.09 Å². The summed E-state index contributed by atoms with van der Waals surface area (Å²) in [5, 5.41) is 3.31. The van der Waals surface area contributed by atoms with Crippen LogP contribution in [0.3, 0.4) is 0 Å². The maximum atomic E-state index is 12.7. The number of carbonyl (C=O) groups is 2. The molecule has 2 amide bonds. The van der Waals surface area contributed by atoms with E-state index in [0.29, 0.717) is 45.8 Å². The van der Waals surface area contributed by atoms with Crippen molar-refractivity contribution in [1.29, 1.82) is 0 Å². The van der Waals surface area contributed by atoms with Crippen molar-refractivity contribution in [3.05, 3.63) is 30.3 Å². The van der Waals surface area contributed by atoms with Crippen LogP contribution in [-0.4, -0.2) is 105 Å². The van der Waals surface area contributed by atoms with Crippen molar-refractivity contribution in [3.63, 3.8) is 0 Å². The number of aliphatic imine (C=N–C) groups is 1. The molecule has 0 aliphatic carbocycles. The van der Waals surface area contributed by atoms with Crippen molar-refractivity contribution < 1.29 is 14.3 Å². The van der Waals surface area contributed by atoms with Crippen LogP contribution in [0.2, 0.25) is 0 Å². The number of para-hydroxylation sites is 1. The zero-order valence-corrected chi connectivity index (χ0v) is 19.3. The number of guanidine groups is 1. The molecule has 1 aromatic rings. The number of amides is 2. The van der Waals surface area contributed by atoms with Crippen molar-refractivity contribution >= 4 is 23.6 Å². The Hall–Kier alpha value is -2.97. The van der Waals surface area contributed by atoms with Crippen molar-refractivity contribution in [2.45, 2.75) is 20.3 Å². The second kappa shape index (κ2) is 12.2. The highest BCUT2D eigenvalue weighted by molar-refractivity contribution is 5.81. The molecule has 0 saturated carbocycles. The maximum absolute atomic E-state index is 12.7. The van der Waals surface area contributed by atoms with E-state index in [4.69, 9.17) is 4.74 Å². The number of nitrogens with zero attached hydrogens (tertiary/aromatic N) is 5. The van der Waals surface area contributed by atoms with Crippen molar-refractivity contribution in [2.24, 2.45) is 4.99 Å². The van der Waals surface area contributed by atoms with Crippen molar-refractivity contribution in [2.75, 3.05) is 77.0 Å². The van der Waals surface area contributed by atoms with E-state index in [1.54, 1.807) is 4.90 Å².